The lowest BCUT2D eigenvalue weighted by molar-refractivity contribution is 0.122. The summed E-state index contributed by atoms with van der Waals surface area (Å²) >= 11 is 0. The highest BCUT2D eigenvalue weighted by molar-refractivity contribution is 5.80. The first kappa shape index (κ1) is 20.9. The lowest BCUT2D eigenvalue weighted by Gasteiger charge is -2.36. The van der Waals surface area contributed by atoms with Crippen molar-refractivity contribution >= 4 is 5.96 Å². The van der Waals surface area contributed by atoms with Crippen molar-refractivity contribution in [1.29, 1.82) is 0 Å². The Kier molecular flexibility index (Phi) is 7.57. The van der Waals surface area contributed by atoms with Crippen molar-refractivity contribution in [2.24, 2.45) is 4.99 Å². The summed E-state index contributed by atoms with van der Waals surface area (Å²) < 4.78 is 5.29. The topological polar surface area (TPSA) is 43.3 Å². The number of ether oxygens (including phenoxy) is 1. The van der Waals surface area contributed by atoms with E-state index < -0.39 is 0 Å². The van der Waals surface area contributed by atoms with Gasteiger partial charge in [-0.15, -0.1) is 0 Å². The molecule has 0 aromatic heterocycles. The normalized spacial score (nSPS) is 23.1. The second-order valence-electron chi connectivity index (χ2n) is 8.09. The van der Waals surface area contributed by atoms with Gasteiger partial charge in [-0.25, -0.2) is 0 Å². The SMILES string of the molecule is CCNC(=NCC(C)N1CCN(C)CC1)N1CCC(c2ccc(OC)cc2)C1. The van der Waals surface area contributed by atoms with Gasteiger partial charge in [0, 0.05) is 57.8 Å². The van der Waals surface area contributed by atoms with Crippen molar-refractivity contribution in [2.75, 3.05) is 66.5 Å². The average Bonchev–Trinajstić information content (AvgIpc) is 3.21. The molecule has 2 aliphatic heterocycles. The van der Waals surface area contributed by atoms with E-state index in [0.717, 1.165) is 64.1 Å². The smallest absolute Gasteiger partial charge is 0.193 e. The van der Waals surface area contributed by atoms with Crippen molar-refractivity contribution in [2.45, 2.75) is 32.2 Å². The molecule has 0 saturated carbocycles. The van der Waals surface area contributed by atoms with Gasteiger partial charge in [-0.3, -0.25) is 9.89 Å². The molecule has 3 rings (SSSR count). The zero-order valence-corrected chi connectivity index (χ0v) is 18.0. The Labute approximate surface area is 170 Å². The number of methoxy groups -OCH3 is 1. The minimum atomic E-state index is 0.488. The molecule has 0 spiro atoms. The Bertz CT molecular complexity index is 624. The molecule has 0 bridgehead atoms. The molecular formula is C22H37N5O. The first-order chi connectivity index (χ1) is 13.6. The van der Waals surface area contributed by atoms with Gasteiger partial charge in [0.2, 0.25) is 0 Å². The van der Waals surface area contributed by atoms with Gasteiger partial charge in [0.25, 0.3) is 0 Å². The van der Waals surface area contributed by atoms with Gasteiger partial charge in [-0.2, -0.15) is 0 Å². The average molecular weight is 388 g/mol. The van der Waals surface area contributed by atoms with Crippen LogP contribution in [-0.2, 0) is 0 Å². The van der Waals surface area contributed by atoms with Crippen molar-refractivity contribution in [3.05, 3.63) is 29.8 Å². The van der Waals surface area contributed by atoms with Crippen LogP contribution in [0.15, 0.2) is 29.3 Å². The van der Waals surface area contributed by atoms with Crippen molar-refractivity contribution in [3.8, 4) is 5.75 Å². The molecule has 156 valence electrons. The first-order valence-corrected chi connectivity index (χ1v) is 10.7. The van der Waals surface area contributed by atoms with E-state index in [-0.39, 0.29) is 0 Å². The molecule has 2 unspecified atom stereocenters. The molecule has 2 heterocycles. The fourth-order valence-electron chi connectivity index (χ4n) is 4.12. The minimum Gasteiger partial charge on any atom is -0.497 e. The largest absolute Gasteiger partial charge is 0.497 e. The second-order valence-corrected chi connectivity index (χ2v) is 8.09. The number of aliphatic imine (C=N–C) groups is 1. The summed E-state index contributed by atoms with van der Waals surface area (Å²) in [4.78, 5) is 12.4. The van der Waals surface area contributed by atoms with Gasteiger partial charge in [-0.1, -0.05) is 12.1 Å². The fraction of sp³-hybridized carbons (Fsp3) is 0.682. The molecule has 0 amide bonds. The number of likely N-dealkylation sites (tertiary alicyclic amines) is 1. The summed E-state index contributed by atoms with van der Waals surface area (Å²) in [5.74, 6) is 2.55. The summed E-state index contributed by atoms with van der Waals surface area (Å²) in [6, 6.07) is 9.02. The van der Waals surface area contributed by atoms with Crippen LogP contribution in [0.2, 0.25) is 0 Å². The number of nitrogens with zero attached hydrogens (tertiary/aromatic N) is 4. The van der Waals surface area contributed by atoms with Crippen LogP contribution in [0.3, 0.4) is 0 Å². The number of nitrogens with one attached hydrogen (secondary N) is 1. The van der Waals surface area contributed by atoms with E-state index in [1.54, 1.807) is 7.11 Å². The standard InChI is InChI=1S/C22H37N5O/c1-5-23-22(24-16-18(2)26-14-12-25(3)13-15-26)27-11-10-20(17-27)19-6-8-21(28-4)9-7-19/h6-9,18,20H,5,10-17H2,1-4H3,(H,23,24). The molecule has 6 heteroatoms. The van der Waals surface area contributed by atoms with Gasteiger partial charge in [0.05, 0.1) is 13.7 Å². The van der Waals surface area contributed by atoms with E-state index in [1.165, 1.54) is 12.0 Å². The number of guanidine groups is 1. The first-order valence-electron chi connectivity index (χ1n) is 10.7. The third kappa shape index (κ3) is 5.39. The molecule has 2 fully saturated rings. The van der Waals surface area contributed by atoms with Gasteiger partial charge in [-0.05, 0) is 45.0 Å². The maximum atomic E-state index is 5.29. The van der Waals surface area contributed by atoms with Crippen LogP contribution in [0, 0.1) is 0 Å². The molecule has 1 N–H and O–H groups in total. The van der Waals surface area contributed by atoms with E-state index in [0.29, 0.717) is 12.0 Å². The third-order valence-electron chi connectivity index (χ3n) is 6.08. The minimum absolute atomic E-state index is 0.488. The van der Waals surface area contributed by atoms with Crippen molar-refractivity contribution in [1.82, 2.24) is 20.0 Å². The van der Waals surface area contributed by atoms with E-state index >= 15 is 0 Å². The molecule has 1 aromatic rings. The predicted octanol–water partition coefficient (Wildman–Crippen LogP) is 2.09. The lowest BCUT2D eigenvalue weighted by Crippen LogP contribution is -2.49. The number of likely N-dealkylation sites (N-methyl/N-ethyl adjacent to an activating group) is 1. The molecule has 2 aliphatic rings. The number of piperazine rings is 1. The summed E-state index contributed by atoms with van der Waals surface area (Å²) in [5, 5.41) is 3.51. The quantitative estimate of drug-likeness (QED) is 0.598. The van der Waals surface area contributed by atoms with Gasteiger partial charge in [0.1, 0.15) is 5.75 Å². The predicted molar refractivity (Wildman–Crippen MR) is 116 cm³/mol. The molecule has 0 radical (unpaired) electrons. The summed E-state index contributed by atoms with van der Waals surface area (Å²) in [6.45, 7) is 12.9. The summed E-state index contributed by atoms with van der Waals surface area (Å²) in [7, 11) is 3.92. The molecule has 0 aliphatic carbocycles. The van der Waals surface area contributed by atoms with Crippen LogP contribution in [0.4, 0.5) is 0 Å². The Morgan fingerprint density at radius 2 is 1.89 bits per heavy atom. The Morgan fingerprint density at radius 3 is 2.54 bits per heavy atom. The summed E-state index contributed by atoms with van der Waals surface area (Å²) in [6.07, 6.45) is 1.17. The maximum Gasteiger partial charge on any atom is 0.193 e. The highest BCUT2D eigenvalue weighted by atomic mass is 16.5. The van der Waals surface area contributed by atoms with Crippen molar-refractivity contribution < 1.29 is 4.74 Å². The highest BCUT2D eigenvalue weighted by Gasteiger charge is 2.26. The van der Waals surface area contributed by atoms with Gasteiger partial charge >= 0.3 is 0 Å². The Morgan fingerprint density at radius 1 is 1.18 bits per heavy atom. The van der Waals surface area contributed by atoms with Crippen LogP contribution in [0.5, 0.6) is 5.75 Å². The monoisotopic (exact) mass is 387 g/mol. The van der Waals surface area contributed by atoms with E-state index in [2.05, 4.69) is 65.2 Å². The Hall–Kier alpha value is -1.79. The van der Waals surface area contributed by atoms with E-state index in [1.807, 2.05) is 0 Å². The van der Waals surface area contributed by atoms with Crippen LogP contribution in [0.25, 0.3) is 0 Å². The molecule has 1 aromatic carbocycles. The zero-order valence-electron chi connectivity index (χ0n) is 18.0. The number of rotatable bonds is 6. The molecule has 28 heavy (non-hydrogen) atoms. The van der Waals surface area contributed by atoms with Crippen LogP contribution in [0.1, 0.15) is 31.7 Å². The molecule has 2 atom stereocenters. The number of hydrogen-bond acceptors (Lipinski definition) is 4. The highest BCUT2D eigenvalue weighted by Crippen LogP contribution is 2.28. The van der Waals surface area contributed by atoms with Gasteiger partial charge < -0.3 is 19.9 Å². The summed E-state index contributed by atoms with van der Waals surface area (Å²) in [5.41, 5.74) is 1.39. The second kappa shape index (κ2) is 10.1. The van der Waals surface area contributed by atoms with Crippen LogP contribution in [-0.4, -0.2) is 93.2 Å². The number of benzene rings is 1. The van der Waals surface area contributed by atoms with Gasteiger partial charge in [0.15, 0.2) is 5.96 Å². The van der Waals surface area contributed by atoms with E-state index in [4.69, 9.17) is 9.73 Å². The molecular weight excluding hydrogens is 350 g/mol. The number of hydrogen-bond donors (Lipinski definition) is 1. The van der Waals surface area contributed by atoms with Crippen molar-refractivity contribution in [3.63, 3.8) is 0 Å². The fourth-order valence-corrected chi connectivity index (χ4v) is 4.12. The van der Waals surface area contributed by atoms with E-state index in [9.17, 15) is 0 Å². The molecule has 2 saturated heterocycles. The zero-order chi connectivity index (χ0) is 19.9. The lowest BCUT2D eigenvalue weighted by atomic mass is 9.98. The van der Waals surface area contributed by atoms with Crippen LogP contribution >= 0.6 is 0 Å². The molecule has 6 nitrogen and oxygen atoms in total. The van der Waals surface area contributed by atoms with Crippen LogP contribution < -0.4 is 10.1 Å². The Balaban J connectivity index is 1.57. The maximum absolute atomic E-state index is 5.29. The third-order valence-corrected chi connectivity index (χ3v) is 6.08.